The number of nitrogens with one attached hydrogen (secondary N) is 1. The minimum absolute atomic E-state index is 0.315. The molecule has 17 heavy (non-hydrogen) atoms. The van der Waals surface area contributed by atoms with Crippen LogP contribution in [0.1, 0.15) is 17.3 Å². The molecule has 0 bridgehead atoms. The largest absolute Gasteiger partial charge is 0.398 e. The number of anilines is 1. The first-order chi connectivity index (χ1) is 8.24. The van der Waals surface area contributed by atoms with Crippen LogP contribution in [0.25, 0.3) is 0 Å². The highest BCUT2D eigenvalue weighted by Crippen LogP contribution is 2.25. The average molecular weight is 232 g/mol. The van der Waals surface area contributed by atoms with Gasteiger partial charge in [0, 0.05) is 29.8 Å². The van der Waals surface area contributed by atoms with E-state index in [1.54, 1.807) is 37.8 Å². The molecular weight excluding hydrogens is 219 g/mol. The van der Waals surface area contributed by atoms with Gasteiger partial charge in [-0.15, -0.1) is 0 Å². The lowest BCUT2D eigenvalue weighted by Gasteiger charge is -2.17. The molecule has 5 heteroatoms. The van der Waals surface area contributed by atoms with Gasteiger partial charge in [0.1, 0.15) is 5.82 Å². The van der Waals surface area contributed by atoms with E-state index >= 15 is 0 Å². The number of halogens is 1. The molecule has 4 nitrogen and oxygen atoms in total. The van der Waals surface area contributed by atoms with Crippen LogP contribution in [-0.2, 0) is 0 Å². The van der Waals surface area contributed by atoms with E-state index in [0.29, 0.717) is 16.9 Å². The fraction of sp³-hybridized carbons (Fsp3) is 0.167. The van der Waals surface area contributed by atoms with Gasteiger partial charge >= 0.3 is 0 Å². The van der Waals surface area contributed by atoms with Crippen molar-refractivity contribution in [1.29, 1.82) is 0 Å². The summed E-state index contributed by atoms with van der Waals surface area (Å²) in [6.07, 6.45) is 4.76. The first-order valence-corrected chi connectivity index (χ1v) is 5.21. The molecule has 2 aromatic rings. The van der Waals surface area contributed by atoms with Crippen molar-refractivity contribution in [3.8, 4) is 0 Å². The third-order valence-electron chi connectivity index (χ3n) is 2.55. The quantitative estimate of drug-likeness (QED) is 0.842. The molecule has 0 saturated heterocycles. The molecule has 0 spiro atoms. The molecular formula is C12H13FN4. The second kappa shape index (κ2) is 4.88. The Kier molecular flexibility index (Phi) is 3.30. The number of nitrogen functional groups attached to an aromatic ring is 1. The van der Waals surface area contributed by atoms with Crippen molar-refractivity contribution in [2.24, 2.45) is 0 Å². The van der Waals surface area contributed by atoms with Crippen LogP contribution in [0.4, 0.5) is 10.1 Å². The third kappa shape index (κ3) is 2.24. The summed E-state index contributed by atoms with van der Waals surface area (Å²) in [5.74, 6) is -0.366. The van der Waals surface area contributed by atoms with Crippen LogP contribution in [0.15, 0.2) is 36.8 Å². The molecule has 88 valence electrons. The molecule has 0 radical (unpaired) electrons. The van der Waals surface area contributed by atoms with Crippen molar-refractivity contribution in [3.05, 3.63) is 53.9 Å². The molecule has 2 heterocycles. The fourth-order valence-electron chi connectivity index (χ4n) is 1.71. The van der Waals surface area contributed by atoms with Gasteiger partial charge in [0.15, 0.2) is 0 Å². The van der Waals surface area contributed by atoms with Crippen LogP contribution in [-0.4, -0.2) is 17.0 Å². The molecule has 0 saturated carbocycles. The van der Waals surface area contributed by atoms with Crippen molar-refractivity contribution in [2.75, 3.05) is 12.8 Å². The Labute approximate surface area is 98.7 Å². The molecule has 0 amide bonds. The minimum Gasteiger partial charge on any atom is -0.398 e. The van der Waals surface area contributed by atoms with Gasteiger partial charge in [-0.25, -0.2) is 4.39 Å². The fourth-order valence-corrected chi connectivity index (χ4v) is 1.71. The summed E-state index contributed by atoms with van der Waals surface area (Å²) in [5.41, 5.74) is 7.44. The van der Waals surface area contributed by atoms with E-state index in [4.69, 9.17) is 5.73 Å². The highest BCUT2D eigenvalue weighted by atomic mass is 19.1. The van der Waals surface area contributed by atoms with E-state index in [1.165, 1.54) is 6.07 Å². The molecule has 0 fully saturated rings. The number of rotatable bonds is 3. The summed E-state index contributed by atoms with van der Waals surface area (Å²) in [6.45, 7) is 0. The number of nitrogens with two attached hydrogens (primary N) is 1. The maximum absolute atomic E-state index is 13.7. The van der Waals surface area contributed by atoms with Gasteiger partial charge in [-0.1, -0.05) is 0 Å². The first-order valence-electron chi connectivity index (χ1n) is 5.21. The first kappa shape index (κ1) is 11.5. The molecule has 0 aliphatic carbocycles. The Morgan fingerprint density at radius 1 is 1.35 bits per heavy atom. The Balaban J connectivity index is 2.48. The molecule has 0 aliphatic heterocycles. The van der Waals surface area contributed by atoms with Crippen molar-refractivity contribution in [1.82, 2.24) is 15.3 Å². The zero-order valence-electron chi connectivity index (χ0n) is 9.39. The van der Waals surface area contributed by atoms with E-state index in [0.717, 1.165) is 0 Å². The summed E-state index contributed by atoms with van der Waals surface area (Å²) < 4.78 is 13.7. The van der Waals surface area contributed by atoms with Gasteiger partial charge in [-0.2, -0.15) is 0 Å². The van der Waals surface area contributed by atoms with Crippen LogP contribution < -0.4 is 11.1 Å². The Morgan fingerprint density at radius 2 is 2.18 bits per heavy atom. The maximum Gasteiger partial charge on any atom is 0.146 e. The highest BCUT2D eigenvalue weighted by Gasteiger charge is 2.19. The van der Waals surface area contributed by atoms with Gasteiger partial charge in [0.2, 0.25) is 0 Å². The van der Waals surface area contributed by atoms with Gasteiger partial charge < -0.3 is 11.1 Å². The zero-order valence-corrected chi connectivity index (χ0v) is 9.39. The van der Waals surface area contributed by atoms with E-state index in [9.17, 15) is 4.39 Å². The van der Waals surface area contributed by atoms with Crippen molar-refractivity contribution in [2.45, 2.75) is 6.04 Å². The number of pyridine rings is 2. The average Bonchev–Trinajstić information content (AvgIpc) is 2.34. The highest BCUT2D eigenvalue weighted by molar-refractivity contribution is 5.48. The summed E-state index contributed by atoms with van der Waals surface area (Å²) >= 11 is 0. The summed E-state index contributed by atoms with van der Waals surface area (Å²) in [5, 5.41) is 2.99. The Hall–Kier alpha value is -2.01. The lowest BCUT2D eigenvalue weighted by Crippen LogP contribution is -2.21. The monoisotopic (exact) mass is 232 g/mol. The zero-order chi connectivity index (χ0) is 12.3. The number of hydrogen-bond donors (Lipinski definition) is 2. The van der Waals surface area contributed by atoms with E-state index in [2.05, 4.69) is 15.3 Å². The van der Waals surface area contributed by atoms with Crippen molar-refractivity contribution >= 4 is 5.69 Å². The second-order valence-corrected chi connectivity index (χ2v) is 3.60. The summed E-state index contributed by atoms with van der Waals surface area (Å²) in [6, 6.07) is 4.21. The molecule has 0 aliphatic rings. The second-order valence-electron chi connectivity index (χ2n) is 3.60. The standard InChI is InChI=1S/C12H13FN4/c1-15-11(8-7-16-6-4-10(8)14)12-9(13)3-2-5-17-12/h2-7,11,15H,1H3,(H2,14,16). The predicted molar refractivity (Wildman–Crippen MR) is 63.7 cm³/mol. The molecule has 2 aromatic heterocycles. The van der Waals surface area contributed by atoms with E-state index in [-0.39, 0.29) is 5.82 Å². The van der Waals surface area contributed by atoms with Gasteiger partial charge in [0.25, 0.3) is 0 Å². The van der Waals surface area contributed by atoms with Gasteiger partial charge in [0.05, 0.1) is 11.7 Å². The molecule has 0 aromatic carbocycles. The third-order valence-corrected chi connectivity index (χ3v) is 2.55. The number of hydrogen-bond acceptors (Lipinski definition) is 4. The van der Waals surface area contributed by atoms with Gasteiger partial charge in [-0.05, 0) is 25.2 Å². The topological polar surface area (TPSA) is 63.8 Å². The van der Waals surface area contributed by atoms with Crippen molar-refractivity contribution < 1.29 is 4.39 Å². The van der Waals surface area contributed by atoms with E-state index in [1.807, 2.05) is 0 Å². The number of nitrogens with zero attached hydrogens (tertiary/aromatic N) is 2. The Bertz CT molecular complexity index is 470. The van der Waals surface area contributed by atoms with Crippen molar-refractivity contribution in [3.63, 3.8) is 0 Å². The lowest BCUT2D eigenvalue weighted by atomic mass is 10.0. The summed E-state index contributed by atoms with van der Waals surface area (Å²) in [7, 11) is 1.73. The Morgan fingerprint density at radius 3 is 2.82 bits per heavy atom. The molecule has 1 atom stereocenters. The maximum atomic E-state index is 13.7. The normalized spacial score (nSPS) is 12.4. The molecule has 2 rings (SSSR count). The van der Waals surface area contributed by atoms with Crippen LogP contribution in [0.5, 0.6) is 0 Å². The smallest absolute Gasteiger partial charge is 0.146 e. The van der Waals surface area contributed by atoms with E-state index < -0.39 is 6.04 Å². The van der Waals surface area contributed by atoms with Crippen LogP contribution >= 0.6 is 0 Å². The number of aromatic nitrogens is 2. The van der Waals surface area contributed by atoms with Crippen LogP contribution in [0.2, 0.25) is 0 Å². The van der Waals surface area contributed by atoms with Crippen LogP contribution in [0.3, 0.4) is 0 Å². The van der Waals surface area contributed by atoms with Crippen LogP contribution in [0, 0.1) is 5.82 Å². The van der Waals surface area contributed by atoms with Gasteiger partial charge in [-0.3, -0.25) is 9.97 Å². The SMILES string of the molecule is CNC(c1cnccc1N)c1ncccc1F. The molecule has 3 N–H and O–H groups in total. The summed E-state index contributed by atoms with van der Waals surface area (Å²) in [4.78, 5) is 8.05. The predicted octanol–water partition coefficient (Wildman–Crippen LogP) is 1.51. The minimum atomic E-state index is -0.398. The molecule has 1 unspecified atom stereocenters. The lowest BCUT2D eigenvalue weighted by molar-refractivity contribution is 0.560.